The van der Waals surface area contributed by atoms with Crippen LogP contribution in [0.3, 0.4) is 0 Å². The molecular weight excluding hydrogens is 757 g/mol. The highest BCUT2D eigenvalue weighted by atomic mass is 14.4. The molecule has 0 N–H and O–H groups in total. The highest BCUT2D eigenvalue weighted by Crippen LogP contribution is 2.51. The molecular formula is C63H42. The van der Waals surface area contributed by atoms with E-state index in [0.29, 0.717) is 0 Å². The van der Waals surface area contributed by atoms with Gasteiger partial charge < -0.3 is 0 Å². The first-order valence-electron chi connectivity index (χ1n) is 22.1. The van der Waals surface area contributed by atoms with Gasteiger partial charge in [0.25, 0.3) is 0 Å². The molecule has 12 aromatic carbocycles. The Hall–Kier alpha value is -7.80. The first kappa shape index (κ1) is 35.9. The van der Waals surface area contributed by atoms with Crippen LogP contribution in [0.25, 0.3) is 120 Å². The summed E-state index contributed by atoms with van der Waals surface area (Å²) in [6.07, 6.45) is 0. The average Bonchev–Trinajstić information content (AvgIpc) is 3.57. The Bertz CT molecular complexity index is 3630. The van der Waals surface area contributed by atoms with Crippen LogP contribution < -0.4 is 0 Å². The zero-order chi connectivity index (χ0) is 41.8. The van der Waals surface area contributed by atoms with E-state index in [-0.39, 0.29) is 5.41 Å². The lowest BCUT2D eigenvalue weighted by Crippen LogP contribution is -2.15. The Morgan fingerprint density at radius 1 is 0.222 bits per heavy atom. The van der Waals surface area contributed by atoms with E-state index in [0.717, 1.165) is 0 Å². The molecule has 0 amide bonds. The van der Waals surface area contributed by atoms with Crippen LogP contribution in [-0.2, 0) is 5.41 Å². The van der Waals surface area contributed by atoms with Gasteiger partial charge in [-0.3, -0.25) is 0 Å². The molecule has 0 nitrogen and oxygen atoms in total. The van der Waals surface area contributed by atoms with Crippen molar-refractivity contribution in [1.82, 2.24) is 0 Å². The first-order valence-corrected chi connectivity index (χ1v) is 22.1. The van der Waals surface area contributed by atoms with Crippen LogP contribution in [0.2, 0.25) is 0 Å². The SMILES string of the molecule is CC1(C)c2cc(-c3ccc4cc(-c5cc6ccccc6c6ccccc56)ccc4c3)ccc2-c2ccc(-c3ccc4cc(-c5cc6ccccc6c6ccccc56)ccc4c3)cc21. The van der Waals surface area contributed by atoms with Crippen molar-refractivity contribution in [3.63, 3.8) is 0 Å². The number of hydrogen-bond acceptors (Lipinski definition) is 0. The van der Waals surface area contributed by atoms with E-state index >= 15 is 0 Å². The van der Waals surface area contributed by atoms with Crippen LogP contribution in [0.4, 0.5) is 0 Å². The molecule has 63 heavy (non-hydrogen) atoms. The molecule has 12 aromatic rings. The van der Waals surface area contributed by atoms with Crippen molar-refractivity contribution in [3.05, 3.63) is 230 Å². The van der Waals surface area contributed by atoms with Gasteiger partial charge in [-0.15, -0.1) is 0 Å². The molecule has 13 rings (SSSR count). The third-order valence-corrected chi connectivity index (χ3v) is 14.2. The van der Waals surface area contributed by atoms with Crippen molar-refractivity contribution >= 4 is 64.6 Å². The van der Waals surface area contributed by atoms with Crippen molar-refractivity contribution in [1.29, 1.82) is 0 Å². The van der Waals surface area contributed by atoms with Crippen molar-refractivity contribution < 1.29 is 0 Å². The molecule has 1 aliphatic rings. The second kappa shape index (κ2) is 13.6. The summed E-state index contributed by atoms with van der Waals surface area (Å²) in [5, 5.41) is 15.3. The lowest BCUT2D eigenvalue weighted by Gasteiger charge is -2.23. The van der Waals surface area contributed by atoms with Crippen LogP contribution in [0.5, 0.6) is 0 Å². The summed E-state index contributed by atoms with van der Waals surface area (Å²) in [5.41, 5.74) is 15.4. The van der Waals surface area contributed by atoms with Crippen LogP contribution in [0.15, 0.2) is 218 Å². The predicted molar refractivity (Wildman–Crippen MR) is 271 cm³/mol. The lowest BCUT2D eigenvalue weighted by atomic mass is 9.80. The van der Waals surface area contributed by atoms with Crippen molar-refractivity contribution in [2.45, 2.75) is 19.3 Å². The van der Waals surface area contributed by atoms with Crippen molar-refractivity contribution in [2.75, 3.05) is 0 Å². The summed E-state index contributed by atoms with van der Waals surface area (Å²) < 4.78 is 0. The third kappa shape index (κ3) is 5.61. The molecule has 0 fully saturated rings. The van der Waals surface area contributed by atoms with Gasteiger partial charge in [0.15, 0.2) is 0 Å². The fourth-order valence-electron chi connectivity index (χ4n) is 10.9. The van der Waals surface area contributed by atoms with Crippen LogP contribution in [0.1, 0.15) is 25.0 Å². The molecule has 0 atom stereocenters. The van der Waals surface area contributed by atoms with Gasteiger partial charge in [0.1, 0.15) is 0 Å². The number of fused-ring (bicyclic) bond motifs is 11. The molecule has 0 radical (unpaired) electrons. The molecule has 0 aliphatic heterocycles. The maximum atomic E-state index is 2.44. The molecule has 1 aliphatic carbocycles. The van der Waals surface area contributed by atoms with Gasteiger partial charge in [0, 0.05) is 5.41 Å². The van der Waals surface area contributed by atoms with Crippen molar-refractivity contribution in [2.24, 2.45) is 0 Å². The van der Waals surface area contributed by atoms with Gasteiger partial charge in [-0.1, -0.05) is 184 Å². The zero-order valence-corrected chi connectivity index (χ0v) is 35.3. The Morgan fingerprint density at radius 2 is 0.540 bits per heavy atom. The van der Waals surface area contributed by atoms with Gasteiger partial charge in [-0.05, 0) is 180 Å². The second-order valence-corrected chi connectivity index (χ2v) is 18.1. The van der Waals surface area contributed by atoms with E-state index in [4.69, 9.17) is 0 Å². The van der Waals surface area contributed by atoms with Gasteiger partial charge in [-0.25, -0.2) is 0 Å². The molecule has 0 bridgehead atoms. The van der Waals surface area contributed by atoms with Gasteiger partial charge in [-0.2, -0.15) is 0 Å². The Balaban J connectivity index is 0.811. The van der Waals surface area contributed by atoms with E-state index in [1.807, 2.05) is 0 Å². The molecule has 294 valence electrons. The van der Waals surface area contributed by atoms with Crippen LogP contribution in [-0.4, -0.2) is 0 Å². The van der Waals surface area contributed by atoms with E-state index in [1.54, 1.807) is 0 Å². The maximum absolute atomic E-state index is 2.44. The van der Waals surface area contributed by atoms with Gasteiger partial charge in [0.05, 0.1) is 0 Å². The quantitative estimate of drug-likeness (QED) is 0.156. The average molecular weight is 799 g/mol. The minimum absolute atomic E-state index is 0.139. The molecule has 0 aromatic heterocycles. The molecule has 0 unspecified atom stereocenters. The van der Waals surface area contributed by atoms with Crippen molar-refractivity contribution in [3.8, 4) is 55.6 Å². The minimum Gasteiger partial charge on any atom is -0.0616 e. The number of benzene rings is 12. The number of rotatable bonds is 4. The lowest BCUT2D eigenvalue weighted by molar-refractivity contribution is 0.661. The standard InChI is InChI=1S/C63H42/c1-63(2)61-37-45(41-19-21-43-33-49(25-23-39(43)31-41)59-35-47-11-3-5-13-51(47)53-15-7-9-17-55(53)59)27-29-57(61)58-30-28-46(38-62(58)63)42-20-22-44-34-50(26-24-40(44)32-42)60-36-48-12-4-6-14-52(48)54-16-8-10-18-56(54)60/h3-38H,1-2H3. The summed E-state index contributed by atoms with van der Waals surface area (Å²) in [6.45, 7) is 4.78. The monoisotopic (exact) mass is 798 g/mol. The second-order valence-electron chi connectivity index (χ2n) is 18.1. The fourth-order valence-corrected chi connectivity index (χ4v) is 10.9. The Kier molecular flexibility index (Phi) is 7.75. The van der Waals surface area contributed by atoms with E-state index in [1.165, 1.54) is 131 Å². The highest BCUT2D eigenvalue weighted by molar-refractivity contribution is 6.15. The van der Waals surface area contributed by atoms with Gasteiger partial charge >= 0.3 is 0 Å². The number of hydrogen-bond donors (Lipinski definition) is 0. The smallest absolute Gasteiger partial charge is 0.0159 e. The van der Waals surface area contributed by atoms with Crippen LogP contribution >= 0.6 is 0 Å². The van der Waals surface area contributed by atoms with E-state index < -0.39 is 0 Å². The largest absolute Gasteiger partial charge is 0.0616 e. The molecule has 0 spiro atoms. The van der Waals surface area contributed by atoms with Crippen LogP contribution in [0, 0.1) is 0 Å². The fraction of sp³-hybridized carbons (Fsp3) is 0.0476. The summed E-state index contributed by atoms with van der Waals surface area (Å²) in [7, 11) is 0. The highest BCUT2D eigenvalue weighted by Gasteiger charge is 2.36. The summed E-state index contributed by atoms with van der Waals surface area (Å²) in [4.78, 5) is 0. The Morgan fingerprint density at radius 3 is 0.968 bits per heavy atom. The third-order valence-electron chi connectivity index (χ3n) is 14.2. The molecule has 0 heterocycles. The molecule has 0 heteroatoms. The Labute approximate surface area is 367 Å². The van der Waals surface area contributed by atoms with E-state index in [2.05, 4.69) is 232 Å². The topological polar surface area (TPSA) is 0 Å². The molecule has 0 saturated carbocycles. The van der Waals surface area contributed by atoms with Gasteiger partial charge in [0.2, 0.25) is 0 Å². The maximum Gasteiger partial charge on any atom is 0.0159 e. The first-order chi connectivity index (χ1) is 30.9. The summed E-state index contributed by atoms with van der Waals surface area (Å²) >= 11 is 0. The summed E-state index contributed by atoms with van der Waals surface area (Å²) in [5.74, 6) is 0. The minimum atomic E-state index is -0.139. The van der Waals surface area contributed by atoms with E-state index in [9.17, 15) is 0 Å². The molecule has 0 saturated heterocycles. The summed E-state index contributed by atoms with van der Waals surface area (Å²) in [6, 6.07) is 81.8. The normalized spacial score (nSPS) is 13.0. The zero-order valence-electron chi connectivity index (χ0n) is 35.3. The predicted octanol–water partition coefficient (Wildman–Crippen LogP) is 17.6.